The number of nitrogens with one attached hydrogen (secondary N) is 1. The average Bonchev–Trinajstić information content (AvgIpc) is 2.59. The SMILES string of the molecule is CNC(C)Cc1cc2ccccn2c1. The van der Waals surface area contributed by atoms with Crippen molar-refractivity contribution in [1.82, 2.24) is 9.72 Å². The molecule has 2 aromatic rings. The second-order valence-electron chi connectivity index (χ2n) is 3.77. The first-order valence-electron chi connectivity index (χ1n) is 5.02. The van der Waals surface area contributed by atoms with Gasteiger partial charge in [0.25, 0.3) is 0 Å². The van der Waals surface area contributed by atoms with Crippen LogP contribution in [0.5, 0.6) is 0 Å². The van der Waals surface area contributed by atoms with Gasteiger partial charge >= 0.3 is 0 Å². The number of nitrogens with zero attached hydrogens (tertiary/aromatic N) is 1. The highest BCUT2D eigenvalue weighted by molar-refractivity contribution is 5.50. The van der Waals surface area contributed by atoms with Crippen LogP contribution >= 0.6 is 0 Å². The Morgan fingerprint density at radius 3 is 3.00 bits per heavy atom. The van der Waals surface area contributed by atoms with Gasteiger partial charge in [0.05, 0.1) is 0 Å². The summed E-state index contributed by atoms with van der Waals surface area (Å²) in [6.45, 7) is 2.20. The molecule has 0 saturated heterocycles. The van der Waals surface area contributed by atoms with Gasteiger partial charge in [0.2, 0.25) is 0 Å². The second-order valence-corrected chi connectivity index (χ2v) is 3.77. The molecule has 0 spiro atoms. The summed E-state index contributed by atoms with van der Waals surface area (Å²) in [7, 11) is 2.00. The lowest BCUT2D eigenvalue weighted by Gasteiger charge is -2.06. The molecule has 0 amide bonds. The topological polar surface area (TPSA) is 16.4 Å². The molecule has 2 heteroatoms. The highest BCUT2D eigenvalue weighted by atomic mass is 14.9. The van der Waals surface area contributed by atoms with E-state index in [0.29, 0.717) is 6.04 Å². The van der Waals surface area contributed by atoms with E-state index in [2.05, 4.69) is 53.3 Å². The Balaban J connectivity index is 2.27. The normalized spacial score (nSPS) is 13.3. The molecule has 0 aromatic carbocycles. The molecule has 0 aliphatic carbocycles. The molecule has 14 heavy (non-hydrogen) atoms. The summed E-state index contributed by atoms with van der Waals surface area (Å²) < 4.78 is 2.16. The minimum Gasteiger partial charge on any atom is -0.324 e. The van der Waals surface area contributed by atoms with Crippen molar-refractivity contribution in [3.05, 3.63) is 42.2 Å². The van der Waals surface area contributed by atoms with Crippen LogP contribution in [-0.4, -0.2) is 17.5 Å². The van der Waals surface area contributed by atoms with Crippen LogP contribution in [0, 0.1) is 0 Å². The van der Waals surface area contributed by atoms with E-state index in [9.17, 15) is 0 Å². The van der Waals surface area contributed by atoms with Gasteiger partial charge in [-0.2, -0.15) is 0 Å². The average molecular weight is 188 g/mol. The molecule has 0 radical (unpaired) electrons. The lowest BCUT2D eigenvalue weighted by molar-refractivity contribution is 0.608. The predicted octanol–water partition coefficient (Wildman–Crippen LogP) is 2.09. The van der Waals surface area contributed by atoms with Crippen LogP contribution in [0.1, 0.15) is 12.5 Å². The van der Waals surface area contributed by atoms with Crippen molar-refractivity contribution < 1.29 is 0 Å². The van der Waals surface area contributed by atoms with Gasteiger partial charge in [0, 0.05) is 24.0 Å². The van der Waals surface area contributed by atoms with E-state index < -0.39 is 0 Å². The third kappa shape index (κ3) is 1.80. The molecule has 1 unspecified atom stereocenters. The van der Waals surface area contributed by atoms with Gasteiger partial charge in [0.1, 0.15) is 0 Å². The maximum absolute atomic E-state index is 3.25. The largest absolute Gasteiger partial charge is 0.324 e. The van der Waals surface area contributed by atoms with Crippen LogP contribution in [0.15, 0.2) is 36.7 Å². The third-order valence-electron chi connectivity index (χ3n) is 2.60. The highest BCUT2D eigenvalue weighted by Crippen LogP contribution is 2.11. The van der Waals surface area contributed by atoms with E-state index >= 15 is 0 Å². The maximum atomic E-state index is 3.25. The lowest BCUT2D eigenvalue weighted by atomic mass is 10.1. The van der Waals surface area contributed by atoms with Crippen LogP contribution < -0.4 is 5.32 Å². The first kappa shape index (κ1) is 9.28. The molecule has 0 saturated carbocycles. The molecule has 0 aliphatic heterocycles. The summed E-state index contributed by atoms with van der Waals surface area (Å²) in [6.07, 6.45) is 5.37. The van der Waals surface area contributed by atoms with Crippen molar-refractivity contribution in [2.75, 3.05) is 7.05 Å². The first-order valence-corrected chi connectivity index (χ1v) is 5.02. The molecule has 74 valence electrons. The maximum Gasteiger partial charge on any atom is 0.0452 e. The van der Waals surface area contributed by atoms with Crippen LogP contribution in [0.4, 0.5) is 0 Å². The van der Waals surface area contributed by atoms with Crippen LogP contribution in [0.3, 0.4) is 0 Å². The highest BCUT2D eigenvalue weighted by Gasteiger charge is 2.02. The quantitative estimate of drug-likeness (QED) is 0.780. The van der Waals surface area contributed by atoms with E-state index in [1.54, 1.807) is 0 Å². The number of aromatic nitrogens is 1. The smallest absolute Gasteiger partial charge is 0.0452 e. The number of likely N-dealkylation sites (N-methyl/N-ethyl adjacent to an activating group) is 1. The van der Waals surface area contributed by atoms with Gasteiger partial charge in [-0.3, -0.25) is 0 Å². The molecule has 0 fully saturated rings. The summed E-state index contributed by atoms with van der Waals surface area (Å²) >= 11 is 0. The summed E-state index contributed by atoms with van der Waals surface area (Å²) in [6, 6.07) is 9.03. The van der Waals surface area contributed by atoms with Crippen molar-refractivity contribution in [1.29, 1.82) is 0 Å². The van der Waals surface area contributed by atoms with E-state index in [1.807, 2.05) is 7.05 Å². The van der Waals surface area contributed by atoms with E-state index in [0.717, 1.165) is 6.42 Å². The van der Waals surface area contributed by atoms with Gasteiger partial charge in [-0.15, -0.1) is 0 Å². The monoisotopic (exact) mass is 188 g/mol. The Hall–Kier alpha value is -1.28. The summed E-state index contributed by atoms with van der Waals surface area (Å²) in [5.41, 5.74) is 2.66. The van der Waals surface area contributed by atoms with Crippen molar-refractivity contribution in [2.45, 2.75) is 19.4 Å². The second kappa shape index (κ2) is 3.84. The zero-order valence-corrected chi connectivity index (χ0v) is 8.70. The minimum atomic E-state index is 0.535. The Morgan fingerprint density at radius 2 is 2.29 bits per heavy atom. The number of rotatable bonds is 3. The number of pyridine rings is 1. The summed E-state index contributed by atoms with van der Waals surface area (Å²) in [4.78, 5) is 0. The summed E-state index contributed by atoms with van der Waals surface area (Å²) in [5.74, 6) is 0. The lowest BCUT2D eigenvalue weighted by Crippen LogP contribution is -2.23. The number of hydrogen-bond donors (Lipinski definition) is 1. The van der Waals surface area contributed by atoms with Gasteiger partial charge in [0.15, 0.2) is 0 Å². The summed E-state index contributed by atoms with van der Waals surface area (Å²) in [5, 5.41) is 3.25. The molecule has 2 aromatic heterocycles. The van der Waals surface area contributed by atoms with E-state index in [4.69, 9.17) is 0 Å². The van der Waals surface area contributed by atoms with Crippen molar-refractivity contribution >= 4 is 5.52 Å². The molecule has 0 aliphatic rings. The molecule has 0 bridgehead atoms. The first-order chi connectivity index (χ1) is 6.79. The van der Waals surface area contributed by atoms with Gasteiger partial charge in [-0.05, 0) is 44.2 Å². The predicted molar refractivity (Wildman–Crippen MR) is 59.6 cm³/mol. The van der Waals surface area contributed by atoms with Crippen LogP contribution in [0.25, 0.3) is 5.52 Å². The van der Waals surface area contributed by atoms with Crippen LogP contribution in [0.2, 0.25) is 0 Å². The fourth-order valence-electron chi connectivity index (χ4n) is 1.68. The zero-order valence-electron chi connectivity index (χ0n) is 8.70. The fraction of sp³-hybridized carbons (Fsp3) is 0.333. The molecule has 1 atom stereocenters. The van der Waals surface area contributed by atoms with E-state index in [-0.39, 0.29) is 0 Å². The van der Waals surface area contributed by atoms with Crippen LogP contribution in [-0.2, 0) is 6.42 Å². The third-order valence-corrected chi connectivity index (χ3v) is 2.60. The molecule has 2 heterocycles. The molecule has 2 rings (SSSR count). The Labute approximate surface area is 84.6 Å². The Bertz CT molecular complexity index is 384. The van der Waals surface area contributed by atoms with Gasteiger partial charge in [-0.1, -0.05) is 6.07 Å². The van der Waals surface area contributed by atoms with Crippen molar-refractivity contribution in [3.63, 3.8) is 0 Å². The molecular weight excluding hydrogens is 172 g/mol. The standard InChI is InChI=1S/C12H16N2/c1-10(13-2)7-11-8-12-5-3-4-6-14(12)9-11/h3-6,8-10,13H,7H2,1-2H3. The van der Waals surface area contributed by atoms with Gasteiger partial charge < -0.3 is 9.72 Å². The Morgan fingerprint density at radius 1 is 1.43 bits per heavy atom. The van der Waals surface area contributed by atoms with Crippen molar-refractivity contribution in [3.8, 4) is 0 Å². The fourth-order valence-corrected chi connectivity index (χ4v) is 1.68. The van der Waals surface area contributed by atoms with E-state index in [1.165, 1.54) is 11.1 Å². The molecular formula is C12H16N2. The Kier molecular flexibility index (Phi) is 2.55. The zero-order chi connectivity index (χ0) is 9.97. The molecule has 1 N–H and O–H groups in total. The molecule has 2 nitrogen and oxygen atoms in total. The number of hydrogen-bond acceptors (Lipinski definition) is 1. The number of fused-ring (bicyclic) bond motifs is 1. The van der Waals surface area contributed by atoms with Crippen molar-refractivity contribution in [2.24, 2.45) is 0 Å². The minimum absolute atomic E-state index is 0.535. The van der Waals surface area contributed by atoms with Gasteiger partial charge in [-0.25, -0.2) is 0 Å².